The summed E-state index contributed by atoms with van der Waals surface area (Å²) in [6.07, 6.45) is 3.79. The zero-order valence-corrected chi connectivity index (χ0v) is 11.5. The first kappa shape index (κ1) is 13.4. The summed E-state index contributed by atoms with van der Waals surface area (Å²) in [5, 5.41) is 11.9. The summed E-state index contributed by atoms with van der Waals surface area (Å²) in [7, 11) is 0. The molecule has 0 saturated heterocycles. The minimum Gasteiger partial charge on any atom is -0.476 e. The quantitative estimate of drug-likeness (QED) is 0.869. The molecule has 2 heterocycles. The largest absolute Gasteiger partial charge is 0.476 e. The molecule has 6 nitrogen and oxygen atoms in total. The van der Waals surface area contributed by atoms with Crippen molar-refractivity contribution in [2.24, 2.45) is 0 Å². The summed E-state index contributed by atoms with van der Waals surface area (Å²) in [6, 6.07) is 8.43. The summed E-state index contributed by atoms with van der Waals surface area (Å²) >= 11 is 0. The van der Waals surface area contributed by atoms with Crippen molar-refractivity contribution in [3.05, 3.63) is 47.9 Å². The molecule has 2 N–H and O–H groups in total. The van der Waals surface area contributed by atoms with Crippen LogP contribution in [0.15, 0.2) is 36.7 Å². The number of nitrogens with zero attached hydrogens (tertiary/aromatic N) is 3. The van der Waals surface area contributed by atoms with Crippen LogP contribution in [0.1, 0.15) is 16.1 Å². The number of carboxylic acid groups (broad SMARTS) is 1. The number of carbonyl (C=O) groups is 1. The predicted molar refractivity (Wildman–Crippen MR) is 79.8 cm³/mol. The van der Waals surface area contributed by atoms with E-state index in [0.29, 0.717) is 5.82 Å². The summed E-state index contributed by atoms with van der Waals surface area (Å²) in [5.74, 6) is -0.477. The van der Waals surface area contributed by atoms with Gasteiger partial charge < -0.3 is 15.3 Å². The van der Waals surface area contributed by atoms with E-state index in [1.54, 1.807) is 0 Å². The standard InChI is InChI=1S/C15H16N4O2/c20-15(21)12-9-18-14(10-17-12)16-6-8-19-7-5-11-3-1-2-4-13(11)19/h1-4,9-10H,5-8H2,(H,16,18)(H,20,21). The molecule has 1 aliphatic heterocycles. The Morgan fingerprint density at radius 3 is 2.90 bits per heavy atom. The molecule has 0 amide bonds. The predicted octanol–water partition coefficient (Wildman–Crippen LogP) is 1.65. The number of benzene rings is 1. The number of hydrogen-bond donors (Lipinski definition) is 2. The van der Waals surface area contributed by atoms with Gasteiger partial charge in [0.1, 0.15) is 5.82 Å². The molecule has 1 aromatic heterocycles. The fourth-order valence-electron chi connectivity index (χ4n) is 2.49. The molecule has 0 unspecified atom stereocenters. The molecular formula is C15H16N4O2. The Hall–Kier alpha value is -2.63. The number of anilines is 2. The molecular weight excluding hydrogens is 268 g/mol. The van der Waals surface area contributed by atoms with Crippen molar-refractivity contribution in [2.75, 3.05) is 29.9 Å². The van der Waals surface area contributed by atoms with Crippen molar-refractivity contribution in [3.8, 4) is 0 Å². The van der Waals surface area contributed by atoms with Crippen LogP contribution in [0.3, 0.4) is 0 Å². The minimum absolute atomic E-state index is 0.0472. The Morgan fingerprint density at radius 2 is 2.14 bits per heavy atom. The molecule has 0 bridgehead atoms. The van der Waals surface area contributed by atoms with Crippen LogP contribution in [-0.4, -0.2) is 40.7 Å². The molecule has 0 spiro atoms. The number of rotatable bonds is 5. The number of carboxylic acids is 1. The van der Waals surface area contributed by atoms with Gasteiger partial charge in [-0.1, -0.05) is 18.2 Å². The van der Waals surface area contributed by atoms with E-state index in [-0.39, 0.29) is 5.69 Å². The number of aromatic carboxylic acids is 1. The van der Waals surface area contributed by atoms with Crippen LogP contribution in [0.2, 0.25) is 0 Å². The van der Waals surface area contributed by atoms with Crippen molar-refractivity contribution < 1.29 is 9.90 Å². The number of para-hydroxylation sites is 1. The third-order valence-electron chi connectivity index (χ3n) is 3.54. The first-order valence-electron chi connectivity index (χ1n) is 6.86. The highest BCUT2D eigenvalue weighted by Crippen LogP contribution is 2.26. The van der Waals surface area contributed by atoms with Crippen LogP contribution in [0.5, 0.6) is 0 Å². The molecule has 0 atom stereocenters. The molecule has 0 aliphatic carbocycles. The maximum absolute atomic E-state index is 10.7. The fraction of sp³-hybridized carbons (Fsp3) is 0.267. The lowest BCUT2D eigenvalue weighted by Crippen LogP contribution is -2.27. The van der Waals surface area contributed by atoms with E-state index < -0.39 is 5.97 Å². The molecule has 108 valence electrons. The van der Waals surface area contributed by atoms with E-state index in [2.05, 4.69) is 44.5 Å². The number of aromatic nitrogens is 2. The fourth-order valence-corrected chi connectivity index (χ4v) is 2.49. The van der Waals surface area contributed by atoms with Gasteiger partial charge in [0.15, 0.2) is 5.69 Å². The van der Waals surface area contributed by atoms with Crippen molar-refractivity contribution in [1.29, 1.82) is 0 Å². The normalized spacial score (nSPS) is 13.0. The molecule has 1 aromatic carbocycles. The van der Waals surface area contributed by atoms with Gasteiger partial charge in [-0.2, -0.15) is 0 Å². The molecule has 21 heavy (non-hydrogen) atoms. The SMILES string of the molecule is O=C(O)c1cnc(NCCN2CCc3ccccc32)cn1. The van der Waals surface area contributed by atoms with Gasteiger partial charge in [-0.25, -0.2) is 14.8 Å². The van der Waals surface area contributed by atoms with Crippen molar-refractivity contribution >= 4 is 17.5 Å². The van der Waals surface area contributed by atoms with E-state index in [0.717, 1.165) is 26.1 Å². The lowest BCUT2D eigenvalue weighted by Gasteiger charge is -2.19. The minimum atomic E-state index is -1.07. The van der Waals surface area contributed by atoms with Gasteiger partial charge in [-0.05, 0) is 18.1 Å². The molecule has 6 heteroatoms. The van der Waals surface area contributed by atoms with Crippen LogP contribution in [0.25, 0.3) is 0 Å². The zero-order valence-electron chi connectivity index (χ0n) is 11.5. The smallest absolute Gasteiger partial charge is 0.356 e. The van der Waals surface area contributed by atoms with Crippen molar-refractivity contribution in [1.82, 2.24) is 9.97 Å². The van der Waals surface area contributed by atoms with E-state index in [9.17, 15) is 4.79 Å². The number of hydrogen-bond acceptors (Lipinski definition) is 5. The highest BCUT2D eigenvalue weighted by atomic mass is 16.4. The summed E-state index contributed by atoms with van der Waals surface area (Å²) < 4.78 is 0. The lowest BCUT2D eigenvalue weighted by atomic mass is 10.2. The first-order valence-corrected chi connectivity index (χ1v) is 6.86. The van der Waals surface area contributed by atoms with Crippen molar-refractivity contribution in [2.45, 2.75) is 6.42 Å². The number of fused-ring (bicyclic) bond motifs is 1. The van der Waals surface area contributed by atoms with Gasteiger partial charge in [0, 0.05) is 25.3 Å². The second kappa shape index (κ2) is 5.78. The Balaban J connectivity index is 1.54. The van der Waals surface area contributed by atoms with Gasteiger partial charge in [0.2, 0.25) is 0 Å². The Morgan fingerprint density at radius 1 is 1.29 bits per heavy atom. The van der Waals surface area contributed by atoms with Crippen LogP contribution in [0, 0.1) is 0 Å². The monoisotopic (exact) mass is 284 g/mol. The number of nitrogens with one attached hydrogen (secondary N) is 1. The van der Waals surface area contributed by atoms with E-state index in [4.69, 9.17) is 5.11 Å². The molecule has 3 rings (SSSR count). The van der Waals surface area contributed by atoms with E-state index in [1.165, 1.54) is 23.6 Å². The summed E-state index contributed by atoms with van der Waals surface area (Å²) in [4.78, 5) is 20.9. The lowest BCUT2D eigenvalue weighted by molar-refractivity contribution is 0.0690. The molecule has 1 aliphatic rings. The average Bonchev–Trinajstić information content (AvgIpc) is 2.91. The molecule has 0 fully saturated rings. The van der Waals surface area contributed by atoms with Gasteiger partial charge in [0.25, 0.3) is 0 Å². The highest BCUT2D eigenvalue weighted by molar-refractivity contribution is 5.84. The Labute approximate surface area is 122 Å². The third kappa shape index (κ3) is 2.94. The molecule has 0 saturated carbocycles. The maximum Gasteiger partial charge on any atom is 0.356 e. The van der Waals surface area contributed by atoms with Gasteiger partial charge >= 0.3 is 5.97 Å². The van der Waals surface area contributed by atoms with E-state index >= 15 is 0 Å². The second-order valence-electron chi connectivity index (χ2n) is 4.88. The van der Waals surface area contributed by atoms with Crippen LogP contribution >= 0.6 is 0 Å². The highest BCUT2D eigenvalue weighted by Gasteiger charge is 2.17. The van der Waals surface area contributed by atoms with Crippen LogP contribution in [0.4, 0.5) is 11.5 Å². The third-order valence-corrected chi connectivity index (χ3v) is 3.54. The Bertz CT molecular complexity index is 642. The van der Waals surface area contributed by atoms with Gasteiger partial charge in [-0.3, -0.25) is 0 Å². The molecule has 0 radical (unpaired) electrons. The van der Waals surface area contributed by atoms with Crippen LogP contribution in [-0.2, 0) is 6.42 Å². The molecule has 2 aromatic rings. The average molecular weight is 284 g/mol. The van der Waals surface area contributed by atoms with E-state index in [1.807, 2.05) is 0 Å². The first-order chi connectivity index (χ1) is 10.2. The zero-order chi connectivity index (χ0) is 14.7. The topological polar surface area (TPSA) is 78.3 Å². The van der Waals surface area contributed by atoms with Gasteiger partial charge in [-0.15, -0.1) is 0 Å². The van der Waals surface area contributed by atoms with Gasteiger partial charge in [0.05, 0.1) is 12.4 Å². The van der Waals surface area contributed by atoms with Crippen molar-refractivity contribution in [3.63, 3.8) is 0 Å². The van der Waals surface area contributed by atoms with Crippen LogP contribution < -0.4 is 10.2 Å². The summed E-state index contributed by atoms with van der Waals surface area (Å²) in [5.41, 5.74) is 2.64. The Kier molecular flexibility index (Phi) is 3.68. The maximum atomic E-state index is 10.7. The second-order valence-corrected chi connectivity index (χ2v) is 4.88. The summed E-state index contributed by atoms with van der Waals surface area (Å²) in [6.45, 7) is 2.64.